The molecule has 0 heterocycles. The molecular formula is C10H16O4. The van der Waals surface area contributed by atoms with E-state index in [0.29, 0.717) is 19.6 Å². The minimum absolute atomic E-state index is 0.216. The van der Waals surface area contributed by atoms with E-state index in [0.717, 1.165) is 0 Å². The number of carbonyl (C=O) groups excluding carboxylic acids is 1. The van der Waals surface area contributed by atoms with Gasteiger partial charge in [-0.05, 0) is 13.8 Å². The molecule has 4 nitrogen and oxygen atoms in total. The monoisotopic (exact) mass is 200 g/mol. The number of carbonyl (C=O) groups is 1. The molecule has 0 aliphatic rings. The highest BCUT2D eigenvalue weighted by molar-refractivity contribution is 5.59. The molecule has 0 unspecified atom stereocenters. The molecule has 0 saturated heterocycles. The summed E-state index contributed by atoms with van der Waals surface area (Å²) in [5, 5.41) is 0. The van der Waals surface area contributed by atoms with Crippen LogP contribution in [0, 0.1) is 12.3 Å². The first-order valence-corrected chi connectivity index (χ1v) is 4.61. The van der Waals surface area contributed by atoms with Crippen molar-refractivity contribution < 1.29 is 19.0 Å². The van der Waals surface area contributed by atoms with Gasteiger partial charge in [0.25, 0.3) is 0 Å². The Morgan fingerprint density at radius 1 is 1.36 bits per heavy atom. The molecule has 0 aliphatic carbocycles. The van der Waals surface area contributed by atoms with Gasteiger partial charge >= 0.3 is 6.16 Å². The lowest BCUT2D eigenvalue weighted by atomic mass is 10.3. The van der Waals surface area contributed by atoms with Crippen LogP contribution in [0.1, 0.15) is 20.3 Å². The molecule has 0 fully saturated rings. The molecule has 80 valence electrons. The summed E-state index contributed by atoms with van der Waals surface area (Å²) in [4.78, 5) is 10.7. The molecule has 0 aromatic carbocycles. The van der Waals surface area contributed by atoms with Gasteiger partial charge in [-0.1, -0.05) is 5.92 Å². The Bertz CT molecular complexity index is 195. The predicted octanol–water partition coefficient (Wildman–Crippen LogP) is 1.59. The lowest BCUT2D eigenvalue weighted by molar-refractivity contribution is 0.0388. The van der Waals surface area contributed by atoms with Gasteiger partial charge in [0.1, 0.15) is 6.10 Å². The second-order valence-electron chi connectivity index (χ2n) is 2.43. The lowest BCUT2D eigenvalue weighted by Gasteiger charge is -2.10. The van der Waals surface area contributed by atoms with Gasteiger partial charge in [-0.2, -0.15) is 0 Å². The minimum atomic E-state index is -0.667. The highest BCUT2D eigenvalue weighted by Crippen LogP contribution is 1.98. The Balaban J connectivity index is 3.51. The molecule has 0 aromatic rings. The summed E-state index contributed by atoms with van der Waals surface area (Å²) >= 11 is 0. The van der Waals surface area contributed by atoms with E-state index in [2.05, 4.69) is 10.7 Å². The van der Waals surface area contributed by atoms with Gasteiger partial charge in [-0.25, -0.2) is 4.79 Å². The van der Waals surface area contributed by atoms with Crippen molar-refractivity contribution in [2.45, 2.75) is 26.4 Å². The quantitative estimate of drug-likeness (QED) is 0.482. The van der Waals surface area contributed by atoms with E-state index in [4.69, 9.17) is 15.9 Å². The van der Waals surface area contributed by atoms with E-state index < -0.39 is 6.16 Å². The zero-order chi connectivity index (χ0) is 10.8. The third-order valence-corrected chi connectivity index (χ3v) is 1.42. The van der Waals surface area contributed by atoms with Crippen molar-refractivity contribution in [2.24, 2.45) is 0 Å². The molecule has 0 N–H and O–H groups in total. The fourth-order valence-electron chi connectivity index (χ4n) is 0.825. The van der Waals surface area contributed by atoms with E-state index >= 15 is 0 Å². The predicted molar refractivity (Wildman–Crippen MR) is 51.8 cm³/mol. The fourth-order valence-corrected chi connectivity index (χ4v) is 0.825. The molecule has 14 heavy (non-hydrogen) atoms. The van der Waals surface area contributed by atoms with E-state index in [1.54, 1.807) is 6.92 Å². The van der Waals surface area contributed by atoms with Crippen LogP contribution < -0.4 is 0 Å². The van der Waals surface area contributed by atoms with Crippen molar-refractivity contribution in [3.8, 4) is 12.3 Å². The maximum atomic E-state index is 10.7. The number of hydrogen-bond acceptors (Lipinski definition) is 4. The Morgan fingerprint density at radius 2 is 2.07 bits per heavy atom. The van der Waals surface area contributed by atoms with Crippen molar-refractivity contribution in [3.05, 3.63) is 0 Å². The SMILES string of the molecule is C#C[C@@H](CCOC(=O)OCC)OCC. The summed E-state index contributed by atoms with van der Waals surface area (Å²) in [7, 11) is 0. The average Bonchev–Trinajstić information content (AvgIpc) is 2.17. The Morgan fingerprint density at radius 3 is 2.57 bits per heavy atom. The summed E-state index contributed by atoms with van der Waals surface area (Å²) in [5.74, 6) is 2.45. The van der Waals surface area contributed by atoms with Gasteiger partial charge in [0.2, 0.25) is 0 Å². The number of hydrogen-bond donors (Lipinski definition) is 0. The fraction of sp³-hybridized carbons (Fsp3) is 0.700. The van der Waals surface area contributed by atoms with Crippen LogP contribution in [0.2, 0.25) is 0 Å². The molecule has 0 radical (unpaired) electrons. The molecule has 0 bridgehead atoms. The van der Waals surface area contributed by atoms with Gasteiger partial charge in [-0.3, -0.25) is 0 Å². The van der Waals surface area contributed by atoms with E-state index in [-0.39, 0.29) is 12.7 Å². The first kappa shape index (κ1) is 12.8. The minimum Gasteiger partial charge on any atom is -0.435 e. The zero-order valence-electron chi connectivity index (χ0n) is 8.62. The van der Waals surface area contributed by atoms with Crippen LogP contribution in [0.3, 0.4) is 0 Å². The maximum absolute atomic E-state index is 10.7. The van der Waals surface area contributed by atoms with Crippen LogP contribution in [0.15, 0.2) is 0 Å². The third kappa shape index (κ3) is 6.32. The summed E-state index contributed by atoms with van der Waals surface area (Å²) < 4.78 is 14.5. The molecule has 0 spiro atoms. The summed E-state index contributed by atoms with van der Waals surface area (Å²) in [5.41, 5.74) is 0. The smallest absolute Gasteiger partial charge is 0.435 e. The van der Waals surface area contributed by atoms with Gasteiger partial charge in [0.05, 0.1) is 13.2 Å². The average molecular weight is 200 g/mol. The molecule has 0 aromatic heterocycles. The van der Waals surface area contributed by atoms with Crippen LogP contribution in [0.25, 0.3) is 0 Å². The van der Waals surface area contributed by atoms with Crippen LogP contribution in [-0.4, -0.2) is 32.1 Å². The first-order valence-electron chi connectivity index (χ1n) is 4.61. The van der Waals surface area contributed by atoms with Gasteiger partial charge < -0.3 is 14.2 Å². The van der Waals surface area contributed by atoms with Crippen molar-refractivity contribution in [1.29, 1.82) is 0 Å². The zero-order valence-corrected chi connectivity index (χ0v) is 8.62. The first-order chi connectivity index (χ1) is 6.74. The van der Waals surface area contributed by atoms with E-state index in [1.807, 2.05) is 6.92 Å². The number of rotatable bonds is 6. The van der Waals surface area contributed by atoms with E-state index in [9.17, 15) is 4.79 Å². The number of ether oxygens (including phenoxy) is 3. The third-order valence-electron chi connectivity index (χ3n) is 1.42. The molecule has 4 heteroatoms. The maximum Gasteiger partial charge on any atom is 0.508 e. The summed E-state index contributed by atoms with van der Waals surface area (Å²) in [6.45, 7) is 4.65. The van der Waals surface area contributed by atoms with Crippen molar-refractivity contribution >= 4 is 6.16 Å². The van der Waals surface area contributed by atoms with Gasteiger partial charge in [0.15, 0.2) is 0 Å². The van der Waals surface area contributed by atoms with Crippen LogP contribution in [0.4, 0.5) is 4.79 Å². The Kier molecular flexibility index (Phi) is 7.67. The highest BCUT2D eigenvalue weighted by Gasteiger charge is 2.07. The molecular weight excluding hydrogens is 184 g/mol. The van der Waals surface area contributed by atoms with Crippen LogP contribution >= 0.6 is 0 Å². The van der Waals surface area contributed by atoms with Gasteiger partial charge in [0, 0.05) is 13.0 Å². The Hall–Kier alpha value is -1.21. The standard InChI is InChI=1S/C10H16O4/c1-4-9(12-5-2)7-8-14-10(11)13-6-3/h1,9H,5-8H2,2-3H3/t9-/m0/s1. The normalized spacial score (nSPS) is 11.5. The topological polar surface area (TPSA) is 44.8 Å². The highest BCUT2D eigenvalue weighted by atomic mass is 16.7. The van der Waals surface area contributed by atoms with Crippen molar-refractivity contribution in [1.82, 2.24) is 0 Å². The summed E-state index contributed by atoms with van der Waals surface area (Å²) in [6, 6.07) is 0. The summed E-state index contributed by atoms with van der Waals surface area (Å²) in [6.07, 6.45) is 4.71. The van der Waals surface area contributed by atoms with Crippen LogP contribution in [0.5, 0.6) is 0 Å². The molecule has 1 atom stereocenters. The van der Waals surface area contributed by atoms with Crippen LogP contribution in [-0.2, 0) is 14.2 Å². The molecule has 0 amide bonds. The van der Waals surface area contributed by atoms with E-state index in [1.165, 1.54) is 0 Å². The molecule has 0 aliphatic heterocycles. The molecule has 0 saturated carbocycles. The largest absolute Gasteiger partial charge is 0.508 e. The van der Waals surface area contributed by atoms with Crippen molar-refractivity contribution in [3.63, 3.8) is 0 Å². The molecule has 0 rings (SSSR count). The van der Waals surface area contributed by atoms with Crippen molar-refractivity contribution in [2.75, 3.05) is 19.8 Å². The number of terminal acetylenes is 1. The second kappa shape index (κ2) is 8.39. The second-order valence-corrected chi connectivity index (χ2v) is 2.43. The lowest BCUT2D eigenvalue weighted by Crippen LogP contribution is -2.16. The van der Waals surface area contributed by atoms with Gasteiger partial charge in [-0.15, -0.1) is 6.42 Å². The Labute approximate surface area is 84.5 Å².